The Bertz CT molecular complexity index is 892. The molecule has 0 aromatic heterocycles. The van der Waals surface area contributed by atoms with E-state index < -0.39 is 5.60 Å². The summed E-state index contributed by atoms with van der Waals surface area (Å²) in [7, 11) is 0. The minimum atomic E-state index is -0.723. The molecule has 1 unspecified atom stereocenters. The molecule has 0 saturated heterocycles. The monoisotopic (exact) mass is 436 g/mol. The number of unbranched alkanes of at least 4 members (excludes halogenated alkanes) is 3. The molecule has 2 aromatic carbocycles. The van der Waals surface area contributed by atoms with Gasteiger partial charge in [-0.25, -0.2) is 0 Å². The number of aromatic hydroxyl groups is 1. The van der Waals surface area contributed by atoms with Crippen LogP contribution in [-0.2, 0) is 5.41 Å². The van der Waals surface area contributed by atoms with E-state index in [4.69, 9.17) is 0 Å². The average Bonchev–Trinajstić information content (AvgIpc) is 2.79. The smallest absolute Gasteiger partial charge is 0.118 e. The lowest BCUT2D eigenvalue weighted by molar-refractivity contribution is 0.0752. The first kappa shape index (κ1) is 26.2. The highest BCUT2D eigenvalue weighted by molar-refractivity contribution is 5.57. The van der Waals surface area contributed by atoms with Crippen molar-refractivity contribution in [2.45, 2.75) is 104 Å². The number of hydrogen-bond acceptors (Lipinski definition) is 2. The summed E-state index contributed by atoms with van der Waals surface area (Å²) < 4.78 is 0. The molecule has 0 amide bonds. The molecule has 0 aliphatic rings. The molecule has 0 fully saturated rings. The second-order valence-corrected chi connectivity index (χ2v) is 9.46. The van der Waals surface area contributed by atoms with Crippen molar-refractivity contribution in [3.63, 3.8) is 0 Å². The summed E-state index contributed by atoms with van der Waals surface area (Å²) in [5, 5.41) is 21.0. The summed E-state index contributed by atoms with van der Waals surface area (Å²) in [6.07, 6.45) is 12.4. The fraction of sp³-hybridized carbons (Fsp3) is 0.533. The molecule has 32 heavy (non-hydrogen) atoms. The van der Waals surface area contributed by atoms with Crippen LogP contribution in [0.1, 0.15) is 107 Å². The van der Waals surface area contributed by atoms with E-state index >= 15 is 0 Å². The lowest BCUT2D eigenvalue weighted by Crippen LogP contribution is -2.26. The highest BCUT2D eigenvalue weighted by Crippen LogP contribution is 2.41. The molecule has 0 saturated carbocycles. The van der Waals surface area contributed by atoms with Gasteiger partial charge in [0.05, 0.1) is 5.60 Å². The van der Waals surface area contributed by atoms with Crippen molar-refractivity contribution in [1.82, 2.24) is 0 Å². The van der Waals surface area contributed by atoms with Gasteiger partial charge in [0.25, 0.3) is 0 Å². The summed E-state index contributed by atoms with van der Waals surface area (Å²) in [6.45, 7) is 12.9. The molecular weight excluding hydrogens is 392 g/mol. The summed E-state index contributed by atoms with van der Waals surface area (Å²) >= 11 is 0. The van der Waals surface area contributed by atoms with E-state index in [0.717, 1.165) is 43.2 Å². The first-order valence-electron chi connectivity index (χ1n) is 12.6. The molecule has 2 nitrogen and oxygen atoms in total. The normalized spacial score (nSPS) is 14.1. The van der Waals surface area contributed by atoms with Crippen molar-refractivity contribution in [2.24, 2.45) is 0 Å². The van der Waals surface area contributed by atoms with E-state index in [1.165, 1.54) is 36.0 Å². The third kappa shape index (κ3) is 6.04. The van der Waals surface area contributed by atoms with Gasteiger partial charge in [0.15, 0.2) is 0 Å². The number of hydrogen-bond donors (Lipinski definition) is 2. The van der Waals surface area contributed by atoms with Crippen molar-refractivity contribution in [3.8, 4) is 5.75 Å². The molecular formula is C30H44O2. The third-order valence-electron chi connectivity index (χ3n) is 7.43. The quantitative estimate of drug-likeness (QED) is 0.329. The Labute approximate surface area is 196 Å². The molecule has 1 atom stereocenters. The molecule has 0 aliphatic heterocycles. The molecule has 176 valence electrons. The predicted molar refractivity (Wildman–Crippen MR) is 138 cm³/mol. The number of rotatable bonds is 12. The number of aryl methyl sites for hydroxylation is 2. The van der Waals surface area contributed by atoms with Gasteiger partial charge in [0.2, 0.25) is 0 Å². The standard InChI is InChI=1S/C30H44O2/c1-7-11-12-13-19-29(32,8-2)20-18-25-14-15-26(21-23(25)5)30(9-3,10-4)27-16-17-28(31)24(6)22-27/h14-18,20-22,31-32H,7-13,19H2,1-6H3/b20-18+. The van der Waals surface area contributed by atoms with E-state index in [1.54, 1.807) is 0 Å². The maximum absolute atomic E-state index is 11.0. The molecule has 0 bridgehead atoms. The first-order valence-corrected chi connectivity index (χ1v) is 12.6. The number of phenols is 1. The van der Waals surface area contributed by atoms with Crippen molar-refractivity contribution in [1.29, 1.82) is 0 Å². The van der Waals surface area contributed by atoms with Gasteiger partial charge < -0.3 is 10.2 Å². The fourth-order valence-corrected chi connectivity index (χ4v) is 4.83. The Morgan fingerprint density at radius 1 is 0.781 bits per heavy atom. The number of aliphatic hydroxyl groups is 1. The van der Waals surface area contributed by atoms with E-state index in [0.29, 0.717) is 5.75 Å². The molecule has 2 N–H and O–H groups in total. The second-order valence-electron chi connectivity index (χ2n) is 9.46. The lowest BCUT2D eigenvalue weighted by atomic mass is 9.70. The van der Waals surface area contributed by atoms with Crippen molar-refractivity contribution in [2.75, 3.05) is 0 Å². The van der Waals surface area contributed by atoms with Crippen LogP contribution >= 0.6 is 0 Å². The lowest BCUT2D eigenvalue weighted by Gasteiger charge is -2.34. The van der Waals surface area contributed by atoms with E-state index in [9.17, 15) is 10.2 Å². The van der Waals surface area contributed by atoms with Crippen LogP contribution in [0.3, 0.4) is 0 Å². The van der Waals surface area contributed by atoms with E-state index in [2.05, 4.69) is 71.0 Å². The van der Waals surface area contributed by atoms with Crippen LogP contribution in [0.4, 0.5) is 0 Å². The minimum absolute atomic E-state index is 0.0745. The molecule has 0 heterocycles. The Kier molecular flexibility index (Phi) is 9.58. The van der Waals surface area contributed by atoms with Gasteiger partial charge in [-0.05, 0) is 73.4 Å². The molecule has 2 aromatic rings. The van der Waals surface area contributed by atoms with Crippen LogP contribution in [0.5, 0.6) is 5.75 Å². The van der Waals surface area contributed by atoms with Gasteiger partial charge in [-0.3, -0.25) is 0 Å². The maximum atomic E-state index is 11.0. The fourth-order valence-electron chi connectivity index (χ4n) is 4.83. The molecule has 2 heteroatoms. The van der Waals surface area contributed by atoms with E-state index in [1.807, 2.05) is 19.1 Å². The van der Waals surface area contributed by atoms with Gasteiger partial charge in [-0.15, -0.1) is 0 Å². The Hall–Kier alpha value is -2.06. The predicted octanol–water partition coefficient (Wildman–Crippen LogP) is 8.24. The highest BCUT2D eigenvalue weighted by atomic mass is 16.3. The van der Waals surface area contributed by atoms with Crippen LogP contribution in [-0.4, -0.2) is 15.8 Å². The summed E-state index contributed by atoms with van der Waals surface area (Å²) in [4.78, 5) is 0. The zero-order valence-corrected chi connectivity index (χ0v) is 21.2. The average molecular weight is 437 g/mol. The van der Waals surface area contributed by atoms with Gasteiger partial charge in [-0.1, -0.05) is 95.9 Å². The molecule has 0 radical (unpaired) electrons. The van der Waals surface area contributed by atoms with Gasteiger partial charge >= 0.3 is 0 Å². The van der Waals surface area contributed by atoms with Crippen molar-refractivity contribution in [3.05, 3.63) is 70.3 Å². The van der Waals surface area contributed by atoms with Crippen LogP contribution < -0.4 is 0 Å². The zero-order chi connectivity index (χ0) is 23.8. The summed E-state index contributed by atoms with van der Waals surface area (Å²) in [5.41, 5.74) is 5.08. The van der Waals surface area contributed by atoms with Crippen molar-refractivity contribution >= 4 is 6.08 Å². The third-order valence-corrected chi connectivity index (χ3v) is 7.43. The Morgan fingerprint density at radius 2 is 1.41 bits per heavy atom. The number of benzene rings is 2. The first-order chi connectivity index (χ1) is 15.2. The van der Waals surface area contributed by atoms with Gasteiger partial charge in [-0.2, -0.15) is 0 Å². The van der Waals surface area contributed by atoms with E-state index in [-0.39, 0.29) is 5.41 Å². The summed E-state index contributed by atoms with van der Waals surface area (Å²) in [5.74, 6) is 0.352. The number of phenolic OH excluding ortho intramolecular Hbond substituents is 1. The molecule has 2 rings (SSSR count). The van der Waals surface area contributed by atoms with Crippen LogP contribution in [0.25, 0.3) is 6.08 Å². The van der Waals surface area contributed by atoms with Crippen LogP contribution in [0.15, 0.2) is 42.5 Å². The van der Waals surface area contributed by atoms with Gasteiger partial charge in [0, 0.05) is 5.41 Å². The largest absolute Gasteiger partial charge is 0.508 e. The molecule has 0 spiro atoms. The maximum Gasteiger partial charge on any atom is 0.118 e. The van der Waals surface area contributed by atoms with Crippen LogP contribution in [0.2, 0.25) is 0 Å². The highest BCUT2D eigenvalue weighted by Gasteiger charge is 2.31. The zero-order valence-electron chi connectivity index (χ0n) is 21.2. The molecule has 0 aliphatic carbocycles. The minimum Gasteiger partial charge on any atom is -0.508 e. The topological polar surface area (TPSA) is 40.5 Å². The summed E-state index contributed by atoms with van der Waals surface area (Å²) in [6, 6.07) is 12.8. The van der Waals surface area contributed by atoms with Gasteiger partial charge in [0.1, 0.15) is 5.75 Å². The Morgan fingerprint density at radius 3 is 1.94 bits per heavy atom. The van der Waals surface area contributed by atoms with Crippen molar-refractivity contribution < 1.29 is 10.2 Å². The van der Waals surface area contributed by atoms with Crippen LogP contribution in [0, 0.1) is 13.8 Å². The Balaban J connectivity index is 2.32. The SMILES string of the molecule is CCCCCCC(O)(/C=C/c1ccc(C(CC)(CC)c2ccc(O)c(C)c2)cc1C)CC. The second kappa shape index (κ2) is 11.7.